The summed E-state index contributed by atoms with van der Waals surface area (Å²) in [6.45, 7) is 8.82. The number of aromatic nitrogens is 3. The number of hydrogen-bond acceptors (Lipinski definition) is 8. The maximum Gasteiger partial charge on any atom is 0.273 e. The van der Waals surface area contributed by atoms with E-state index in [4.69, 9.17) is 9.51 Å². The second-order valence-electron chi connectivity index (χ2n) is 9.12. The molecule has 35 heavy (non-hydrogen) atoms. The van der Waals surface area contributed by atoms with Crippen LogP contribution >= 0.6 is 0 Å². The summed E-state index contributed by atoms with van der Waals surface area (Å²) in [4.78, 5) is 39.9. The van der Waals surface area contributed by atoms with E-state index in [-0.39, 0.29) is 17.9 Å². The van der Waals surface area contributed by atoms with E-state index in [1.807, 2.05) is 60.0 Å². The van der Waals surface area contributed by atoms with Crippen LogP contribution in [-0.2, 0) is 17.9 Å². The van der Waals surface area contributed by atoms with Gasteiger partial charge in [-0.25, -0.2) is 4.98 Å². The van der Waals surface area contributed by atoms with Gasteiger partial charge in [-0.3, -0.25) is 9.59 Å². The third-order valence-electron chi connectivity index (χ3n) is 6.48. The van der Waals surface area contributed by atoms with Crippen LogP contribution in [0.4, 0.5) is 11.8 Å². The van der Waals surface area contributed by atoms with Gasteiger partial charge in [-0.15, -0.1) is 0 Å². The fourth-order valence-electron chi connectivity index (χ4n) is 4.42. The Kier molecular flexibility index (Phi) is 6.10. The number of carbonyl (C=O) groups excluding carboxylic acids is 2. The van der Waals surface area contributed by atoms with Crippen LogP contribution in [0, 0.1) is 0 Å². The van der Waals surface area contributed by atoms with Crippen molar-refractivity contribution in [2.45, 2.75) is 39.9 Å². The van der Waals surface area contributed by atoms with Gasteiger partial charge in [0.05, 0.1) is 13.1 Å². The molecule has 5 rings (SSSR count). The molecule has 1 saturated heterocycles. The number of nitrogens with one attached hydrogen (secondary N) is 1. The van der Waals surface area contributed by atoms with Crippen LogP contribution in [0.1, 0.15) is 42.6 Å². The normalized spacial score (nSPS) is 15.7. The van der Waals surface area contributed by atoms with Gasteiger partial charge < -0.3 is 24.5 Å². The maximum atomic E-state index is 13.1. The molecule has 0 radical (unpaired) electrons. The van der Waals surface area contributed by atoms with Crippen LogP contribution < -0.4 is 10.2 Å². The zero-order chi connectivity index (χ0) is 24.5. The van der Waals surface area contributed by atoms with Crippen LogP contribution in [0.25, 0.3) is 11.3 Å². The minimum absolute atomic E-state index is 0.0508. The standard InChI is InChI=1S/C25H29N7O3/c1-16(2)32-15-20-22(24(32)34)27-25(31-11-9-30(10-12-31)17(3)33)28-23(20)26-14-19-13-21(29-35-19)18-7-5-4-6-8-18/h4-8,13,16H,9-12,14-15H2,1-3H3,(H,26,27,28). The summed E-state index contributed by atoms with van der Waals surface area (Å²) in [5.41, 5.74) is 2.97. The van der Waals surface area contributed by atoms with E-state index in [1.54, 1.807) is 11.8 Å². The molecule has 2 aliphatic heterocycles. The van der Waals surface area contributed by atoms with Gasteiger partial charge in [0.1, 0.15) is 17.2 Å². The van der Waals surface area contributed by atoms with E-state index in [0.29, 0.717) is 62.5 Å². The molecular formula is C25H29N7O3. The van der Waals surface area contributed by atoms with Gasteiger partial charge in [-0.05, 0) is 13.8 Å². The van der Waals surface area contributed by atoms with E-state index in [2.05, 4.69) is 15.5 Å². The molecule has 4 heterocycles. The Balaban J connectivity index is 1.40. The fourth-order valence-corrected chi connectivity index (χ4v) is 4.42. The van der Waals surface area contributed by atoms with E-state index < -0.39 is 0 Å². The molecule has 2 aromatic heterocycles. The van der Waals surface area contributed by atoms with Crippen molar-refractivity contribution < 1.29 is 14.1 Å². The first-order chi connectivity index (χ1) is 16.9. The summed E-state index contributed by atoms with van der Waals surface area (Å²) < 4.78 is 5.54. The molecule has 0 unspecified atom stereocenters. The number of rotatable bonds is 6. The first kappa shape index (κ1) is 22.8. The zero-order valence-corrected chi connectivity index (χ0v) is 20.2. The highest BCUT2D eigenvalue weighted by molar-refractivity contribution is 5.98. The lowest BCUT2D eigenvalue weighted by molar-refractivity contribution is -0.129. The molecule has 10 nitrogen and oxygen atoms in total. The number of fused-ring (bicyclic) bond motifs is 1. The second kappa shape index (κ2) is 9.36. The molecule has 0 spiro atoms. The van der Waals surface area contributed by atoms with Crippen molar-refractivity contribution in [1.29, 1.82) is 0 Å². The average molecular weight is 476 g/mol. The predicted octanol–water partition coefficient (Wildman–Crippen LogP) is 2.78. The van der Waals surface area contributed by atoms with Gasteiger partial charge >= 0.3 is 0 Å². The van der Waals surface area contributed by atoms with E-state index >= 15 is 0 Å². The molecule has 0 bridgehead atoms. The SMILES string of the molecule is CC(=O)N1CCN(c2nc(NCc3cc(-c4ccccc4)no3)c3c(n2)C(=O)N(C(C)C)C3)CC1. The number of nitrogens with zero attached hydrogens (tertiary/aromatic N) is 6. The van der Waals surface area contributed by atoms with Gasteiger partial charge in [0.15, 0.2) is 5.76 Å². The molecule has 182 valence electrons. The highest BCUT2D eigenvalue weighted by Gasteiger charge is 2.35. The fraction of sp³-hybridized carbons (Fsp3) is 0.400. The quantitative estimate of drug-likeness (QED) is 0.580. The van der Waals surface area contributed by atoms with E-state index in [9.17, 15) is 9.59 Å². The Morgan fingerprint density at radius 1 is 1.11 bits per heavy atom. The summed E-state index contributed by atoms with van der Waals surface area (Å²) >= 11 is 0. The second-order valence-corrected chi connectivity index (χ2v) is 9.12. The molecule has 0 aliphatic carbocycles. The first-order valence-corrected chi connectivity index (χ1v) is 11.9. The predicted molar refractivity (Wildman–Crippen MR) is 131 cm³/mol. The smallest absolute Gasteiger partial charge is 0.273 e. The Bertz CT molecular complexity index is 1230. The minimum Gasteiger partial charge on any atom is -0.362 e. The molecular weight excluding hydrogens is 446 g/mol. The van der Waals surface area contributed by atoms with Gasteiger partial charge in [-0.1, -0.05) is 35.5 Å². The third-order valence-corrected chi connectivity index (χ3v) is 6.48. The maximum absolute atomic E-state index is 13.1. The van der Waals surface area contributed by atoms with Crippen molar-refractivity contribution in [3.05, 3.63) is 53.4 Å². The number of amides is 2. The van der Waals surface area contributed by atoms with Crippen molar-refractivity contribution in [2.75, 3.05) is 36.4 Å². The Labute approximate surface area is 203 Å². The summed E-state index contributed by atoms with van der Waals surface area (Å²) in [6, 6.07) is 11.8. The van der Waals surface area contributed by atoms with Gasteiger partial charge in [0.25, 0.3) is 5.91 Å². The molecule has 0 atom stereocenters. The van der Waals surface area contributed by atoms with Crippen molar-refractivity contribution in [3.63, 3.8) is 0 Å². The largest absolute Gasteiger partial charge is 0.362 e. The van der Waals surface area contributed by atoms with E-state index in [0.717, 1.165) is 16.8 Å². The van der Waals surface area contributed by atoms with Crippen molar-refractivity contribution in [2.24, 2.45) is 0 Å². The molecule has 3 aromatic rings. The van der Waals surface area contributed by atoms with Crippen LogP contribution in [0.15, 0.2) is 40.9 Å². The lowest BCUT2D eigenvalue weighted by atomic mass is 10.1. The molecule has 2 amide bonds. The topological polar surface area (TPSA) is 108 Å². The Morgan fingerprint density at radius 3 is 2.54 bits per heavy atom. The van der Waals surface area contributed by atoms with Crippen LogP contribution in [0.5, 0.6) is 0 Å². The minimum atomic E-state index is -0.0879. The third kappa shape index (κ3) is 4.55. The lowest BCUT2D eigenvalue weighted by Gasteiger charge is -2.34. The summed E-state index contributed by atoms with van der Waals surface area (Å²) in [5, 5.41) is 7.54. The summed E-state index contributed by atoms with van der Waals surface area (Å²) in [6.07, 6.45) is 0. The van der Waals surface area contributed by atoms with Crippen LogP contribution in [-0.4, -0.2) is 69.0 Å². The van der Waals surface area contributed by atoms with Crippen molar-refractivity contribution in [3.8, 4) is 11.3 Å². The number of benzene rings is 1. The molecule has 10 heteroatoms. The number of carbonyl (C=O) groups is 2. The Hall–Kier alpha value is -3.95. The summed E-state index contributed by atoms with van der Waals surface area (Å²) in [5.74, 6) is 1.75. The van der Waals surface area contributed by atoms with Gasteiger partial charge in [0.2, 0.25) is 11.9 Å². The molecule has 1 aromatic carbocycles. The first-order valence-electron chi connectivity index (χ1n) is 11.9. The number of piperazine rings is 1. The highest BCUT2D eigenvalue weighted by Crippen LogP contribution is 2.31. The average Bonchev–Trinajstić information content (AvgIpc) is 3.48. The monoisotopic (exact) mass is 475 g/mol. The lowest BCUT2D eigenvalue weighted by Crippen LogP contribution is -2.48. The Morgan fingerprint density at radius 2 is 1.86 bits per heavy atom. The summed E-state index contributed by atoms with van der Waals surface area (Å²) in [7, 11) is 0. The number of anilines is 2. The van der Waals surface area contributed by atoms with Gasteiger partial charge in [0, 0.05) is 56.3 Å². The molecule has 0 saturated carbocycles. The molecule has 2 aliphatic rings. The molecule has 1 N–H and O–H groups in total. The number of hydrogen-bond donors (Lipinski definition) is 1. The van der Waals surface area contributed by atoms with Crippen molar-refractivity contribution in [1.82, 2.24) is 24.9 Å². The van der Waals surface area contributed by atoms with Crippen molar-refractivity contribution >= 4 is 23.6 Å². The zero-order valence-electron chi connectivity index (χ0n) is 20.2. The van der Waals surface area contributed by atoms with Crippen LogP contribution in [0.3, 0.4) is 0 Å². The van der Waals surface area contributed by atoms with E-state index in [1.165, 1.54) is 0 Å². The van der Waals surface area contributed by atoms with Gasteiger partial charge in [-0.2, -0.15) is 4.98 Å². The highest BCUT2D eigenvalue weighted by atomic mass is 16.5. The van der Waals surface area contributed by atoms with Crippen LogP contribution in [0.2, 0.25) is 0 Å². The molecule has 1 fully saturated rings.